The number of ether oxygens (including phenoxy) is 1. The zero-order valence-corrected chi connectivity index (χ0v) is 16.3. The van der Waals surface area contributed by atoms with E-state index >= 15 is 0 Å². The standard InChI is InChI=1S/C21H23N3O5/c1-3-14-4-7-17(8-5-14)23-20(25)13(2)29-21(26)15-6-11-18(22-16-9-10-16)19(12-15)24(27)28/h4-8,11-13,16,22H,3,9-10H2,1-2H3,(H,23,25). The van der Waals surface area contributed by atoms with E-state index in [9.17, 15) is 19.7 Å². The second-order valence-corrected chi connectivity index (χ2v) is 6.99. The van der Waals surface area contributed by atoms with Gasteiger partial charge in [-0.2, -0.15) is 0 Å². The maximum Gasteiger partial charge on any atom is 0.339 e. The number of hydrogen-bond acceptors (Lipinski definition) is 6. The third kappa shape index (κ3) is 5.31. The molecular formula is C21H23N3O5. The van der Waals surface area contributed by atoms with Crippen molar-refractivity contribution < 1.29 is 19.2 Å². The van der Waals surface area contributed by atoms with Crippen LogP contribution < -0.4 is 10.6 Å². The van der Waals surface area contributed by atoms with Gasteiger partial charge in [0.05, 0.1) is 10.5 Å². The number of esters is 1. The highest BCUT2D eigenvalue weighted by Crippen LogP contribution is 2.31. The molecular weight excluding hydrogens is 374 g/mol. The fourth-order valence-corrected chi connectivity index (χ4v) is 2.73. The molecule has 0 aromatic heterocycles. The third-order valence-corrected chi connectivity index (χ3v) is 4.65. The van der Waals surface area contributed by atoms with Crippen LogP contribution >= 0.6 is 0 Å². The van der Waals surface area contributed by atoms with Crippen molar-refractivity contribution in [1.82, 2.24) is 0 Å². The number of carbonyl (C=O) groups excluding carboxylic acids is 2. The van der Waals surface area contributed by atoms with Gasteiger partial charge in [0.1, 0.15) is 5.69 Å². The van der Waals surface area contributed by atoms with Gasteiger partial charge < -0.3 is 15.4 Å². The van der Waals surface area contributed by atoms with Crippen LogP contribution in [0.4, 0.5) is 17.1 Å². The first-order chi connectivity index (χ1) is 13.9. The van der Waals surface area contributed by atoms with Crippen LogP contribution in [0.2, 0.25) is 0 Å². The number of nitrogens with one attached hydrogen (secondary N) is 2. The second-order valence-electron chi connectivity index (χ2n) is 6.99. The van der Waals surface area contributed by atoms with E-state index in [1.54, 1.807) is 12.1 Å². The van der Waals surface area contributed by atoms with Gasteiger partial charge in [-0.3, -0.25) is 14.9 Å². The Bertz CT molecular complexity index is 922. The molecule has 1 amide bonds. The first kappa shape index (κ1) is 20.3. The quantitative estimate of drug-likeness (QED) is 0.397. The number of anilines is 2. The van der Waals surface area contributed by atoms with E-state index in [4.69, 9.17) is 4.74 Å². The van der Waals surface area contributed by atoms with Crippen molar-refractivity contribution in [3.05, 3.63) is 63.7 Å². The summed E-state index contributed by atoms with van der Waals surface area (Å²) >= 11 is 0. The topological polar surface area (TPSA) is 111 Å². The first-order valence-electron chi connectivity index (χ1n) is 9.53. The number of carbonyl (C=O) groups is 2. The molecule has 2 aromatic rings. The average molecular weight is 397 g/mol. The molecule has 8 nitrogen and oxygen atoms in total. The lowest BCUT2D eigenvalue weighted by molar-refractivity contribution is -0.384. The lowest BCUT2D eigenvalue weighted by Gasteiger charge is -2.14. The SMILES string of the molecule is CCc1ccc(NC(=O)C(C)OC(=O)c2ccc(NC3CC3)c([N+](=O)[O-])c2)cc1. The summed E-state index contributed by atoms with van der Waals surface area (Å²) < 4.78 is 5.19. The molecule has 1 saturated carbocycles. The summed E-state index contributed by atoms with van der Waals surface area (Å²) in [5.41, 5.74) is 1.93. The number of benzene rings is 2. The van der Waals surface area contributed by atoms with Gasteiger partial charge in [0.2, 0.25) is 0 Å². The van der Waals surface area contributed by atoms with Crippen LogP contribution in [0.15, 0.2) is 42.5 Å². The van der Waals surface area contributed by atoms with Crippen LogP contribution in [0.5, 0.6) is 0 Å². The number of hydrogen-bond donors (Lipinski definition) is 2. The molecule has 1 atom stereocenters. The molecule has 0 heterocycles. The van der Waals surface area contributed by atoms with Crippen LogP contribution in [0.3, 0.4) is 0 Å². The molecule has 152 valence electrons. The minimum absolute atomic E-state index is 0.0185. The smallest absolute Gasteiger partial charge is 0.339 e. The van der Waals surface area contributed by atoms with Crippen molar-refractivity contribution in [2.75, 3.05) is 10.6 Å². The molecule has 0 bridgehead atoms. The van der Waals surface area contributed by atoms with Gasteiger partial charge in [-0.15, -0.1) is 0 Å². The number of rotatable bonds is 8. The molecule has 3 rings (SSSR count). The number of aryl methyl sites for hydroxylation is 1. The summed E-state index contributed by atoms with van der Waals surface area (Å²) in [4.78, 5) is 35.4. The van der Waals surface area contributed by atoms with Gasteiger partial charge >= 0.3 is 5.97 Å². The van der Waals surface area contributed by atoms with Crippen molar-refractivity contribution >= 4 is 28.9 Å². The predicted octanol–water partition coefficient (Wildman–Crippen LogP) is 3.92. The van der Waals surface area contributed by atoms with E-state index in [-0.39, 0.29) is 17.3 Å². The van der Waals surface area contributed by atoms with Crippen LogP contribution in [0, 0.1) is 10.1 Å². The maximum absolute atomic E-state index is 12.4. The number of nitro groups is 1. The van der Waals surface area contributed by atoms with Crippen molar-refractivity contribution in [2.24, 2.45) is 0 Å². The minimum atomic E-state index is -1.06. The summed E-state index contributed by atoms with van der Waals surface area (Å²) in [6.07, 6.45) is 1.77. The van der Waals surface area contributed by atoms with E-state index in [2.05, 4.69) is 10.6 Å². The van der Waals surface area contributed by atoms with E-state index in [0.717, 1.165) is 24.8 Å². The Balaban J connectivity index is 1.64. The van der Waals surface area contributed by atoms with Crippen molar-refractivity contribution in [2.45, 2.75) is 45.3 Å². The highest BCUT2D eigenvalue weighted by Gasteiger charge is 2.26. The Morgan fingerprint density at radius 2 is 1.90 bits per heavy atom. The van der Waals surface area contributed by atoms with Gasteiger partial charge in [-0.25, -0.2) is 4.79 Å². The van der Waals surface area contributed by atoms with Crippen LogP contribution in [-0.4, -0.2) is 28.9 Å². The lowest BCUT2D eigenvalue weighted by Crippen LogP contribution is -2.30. The van der Waals surface area contributed by atoms with E-state index in [0.29, 0.717) is 11.4 Å². The Labute approximate surface area is 168 Å². The fraction of sp³-hybridized carbons (Fsp3) is 0.333. The van der Waals surface area contributed by atoms with Crippen molar-refractivity contribution in [3.63, 3.8) is 0 Å². The summed E-state index contributed by atoms with van der Waals surface area (Å²) in [6, 6.07) is 11.7. The zero-order chi connectivity index (χ0) is 21.0. The van der Waals surface area contributed by atoms with E-state index in [1.807, 2.05) is 19.1 Å². The van der Waals surface area contributed by atoms with Crippen LogP contribution in [0.25, 0.3) is 0 Å². The molecule has 2 N–H and O–H groups in total. The molecule has 29 heavy (non-hydrogen) atoms. The van der Waals surface area contributed by atoms with Gasteiger partial charge in [-0.05, 0) is 56.0 Å². The summed E-state index contributed by atoms with van der Waals surface area (Å²) in [5, 5.41) is 17.1. The molecule has 0 spiro atoms. The highest BCUT2D eigenvalue weighted by molar-refractivity contribution is 5.97. The van der Waals surface area contributed by atoms with E-state index in [1.165, 1.54) is 25.1 Å². The van der Waals surface area contributed by atoms with Crippen LogP contribution in [-0.2, 0) is 16.0 Å². The third-order valence-electron chi connectivity index (χ3n) is 4.65. The average Bonchev–Trinajstić information content (AvgIpc) is 3.52. The highest BCUT2D eigenvalue weighted by atomic mass is 16.6. The van der Waals surface area contributed by atoms with Crippen LogP contribution in [0.1, 0.15) is 42.6 Å². The number of nitro benzene ring substituents is 1. The molecule has 8 heteroatoms. The molecule has 1 fully saturated rings. The maximum atomic E-state index is 12.4. The monoisotopic (exact) mass is 397 g/mol. The normalized spacial score (nSPS) is 14.0. The Morgan fingerprint density at radius 1 is 1.21 bits per heavy atom. The van der Waals surface area contributed by atoms with E-state index < -0.39 is 22.9 Å². The largest absolute Gasteiger partial charge is 0.449 e. The molecule has 0 radical (unpaired) electrons. The second kappa shape index (κ2) is 8.72. The molecule has 0 aliphatic heterocycles. The van der Waals surface area contributed by atoms with Crippen molar-refractivity contribution in [1.29, 1.82) is 0 Å². The predicted molar refractivity (Wildman–Crippen MR) is 109 cm³/mol. The molecule has 1 aliphatic rings. The van der Waals surface area contributed by atoms with Gasteiger partial charge in [-0.1, -0.05) is 19.1 Å². The summed E-state index contributed by atoms with van der Waals surface area (Å²) in [6.45, 7) is 3.49. The minimum Gasteiger partial charge on any atom is -0.449 e. The number of amides is 1. The summed E-state index contributed by atoms with van der Waals surface area (Å²) in [5.74, 6) is -1.28. The Hall–Kier alpha value is -3.42. The van der Waals surface area contributed by atoms with Crippen molar-refractivity contribution in [3.8, 4) is 0 Å². The Morgan fingerprint density at radius 3 is 2.48 bits per heavy atom. The van der Waals surface area contributed by atoms with Gasteiger partial charge in [0, 0.05) is 17.8 Å². The molecule has 2 aromatic carbocycles. The summed E-state index contributed by atoms with van der Waals surface area (Å²) in [7, 11) is 0. The Kier molecular flexibility index (Phi) is 6.11. The fourth-order valence-electron chi connectivity index (χ4n) is 2.73. The van der Waals surface area contributed by atoms with Gasteiger partial charge in [0.25, 0.3) is 11.6 Å². The molecule has 1 aliphatic carbocycles. The molecule has 0 saturated heterocycles. The number of nitrogens with zero attached hydrogens (tertiary/aromatic N) is 1. The lowest BCUT2D eigenvalue weighted by atomic mass is 10.1. The molecule has 1 unspecified atom stereocenters. The first-order valence-corrected chi connectivity index (χ1v) is 9.53. The van der Waals surface area contributed by atoms with Gasteiger partial charge in [0.15, 0.2) is 6.10 Å². The zero-order valence-electron chi connectivity index (χ0n) is 16.3.